The third-order valence-electron chi connectivity index (χ3n) is 5.58. The second-order valence-corrected chi connectivity index (χ2v) is 7.82. The van der Waals surface area contributed by atoms with E-state index in [1.54, 1.807) is 13.2 Å². The fourth-order valence-electron chi connectivity index (χ4n) is 3.99. The van der Waals surface area contributed by atoms with Crippen molar-refractivity contribution in [3.63, 3.8) is 0 Å². The fraction of sp³-hybridized carbons (Fsp3) is 0.269. The van der Waals surface area contributed by atoms with Gasteiger partial charge in [0.1, 0.15) is 11.6 Å². The fourth-order valence-corrected chi connectivity index (χ4v) is 3.99. The Bertz CT molecular complexity index is 1090. The Morgan fingerprint density at radius 2 is 1.84 bits per heavy atom. The molecule has 3 aromatic rings. The first-order chi connectivity index (χ1) is 15.5. The maximum atomic E-state index is 15.7. The SMILES string of the molecule is COc1ccc(Cc2ccc(NC(C)=O)cc2)c(F)c1-c1cccc(N2CCOCC2)c1. The molecule has 0 saturated carbocycles. The lowest BCUT2D eigenvalue weighted by Crippen LogP contribution is -2.36. The molecule has 5 nitrogen and oxygen atoms in total. The van der Waals surface area contributed by atoms with E-state index in [0.29, 0.717) is 36.5 Å². The number of halogens is 1. The Labute approximate surface area is 187 Å². The first kappa shape index (κ1) is 21.8. The van der Waals surface area contributed by atoms with Gasteiger partial charge in [0.2, 0.25) is 5.91 Å². The van der Waals surface area contributed by atoms with Crippen molar-refractivity contribution in [1.82, 2.24) is 0 Å². The molecular formula is C26H27FN2O3. The zero-order valence-corrected chi connectivity index (χ0v) is 18.4. The number of ether oxygens (including phenoxy) is 2. The number of carbonyl (C=O) groups is 1. The molecule has 0 atom stereocenters. The maximum Gasteiger partial charge on any atom is 0.221 e. The van der Waals surface area contributed by atoms with Gasteiger partial charge in [-0.1, -0.05) is 30.3 Å². The third-order valence-corrected chi connectivity index (χ3v) is 5.58. The topological polar surface area (TPSA) is 50.8 Å². The van der Waals surface area contributed by atoms with Gasteiger partial charge >= 0.3 is 0 Å². The van der Waals surface area contributed by atoms with Crippen LogP contribution in [0.25, 0.3) is 11.1 Å². The zero-order chi connectivity index (χ0) is 22.5. The normalized spacial score (nSPS) is 13.7. The Morgan fingerprint density at radius 3 is 2.53 bits per heavy atom. The molecule has 1 amide bonds. The molecule has 1 N–H and O–H groups in total. The van der Waals surface area contributed by atoms with Crippen molar-refractivity contribution in [3.8, 4) is 16.9 Å². The van der Waals surface area contributed by atoms with Crippen LogP contribution in [0.3, 0.4) is 0 Å². The van der Waals surface area contributed by atoms with Crippen molar-refractivity contribution < 1.29 is 18.7 Å². The first-order valence-electron chi connectivity index (χ1n) is 10.7. The molecular weight excluding hydrogens is 407 g/mol. The molecule has 32 heavy (non-hydrogen) atoms. The number of nitrogens with one attached hydrogen (secondary N) is 1. The minimum atomic E-state index is -0.283. The number of anilines is 2. The molecule has 0 radical (unpaired) electrons. The van der Waals surface area contributed by atoms with Crippen LogP contribution in [0.4, 0.5) is 15.8 Å². The number of carbonyl (C=O) groups excluding carboxylic acids is 1. The van der Waals surface area contributed by atoms with Gasteiger partial charge in [-0.3, -0.25) is 4.79 Å². The molecule has 0 aromatic heterocycles. The standard InChI is InChI=1S/C26H27FN2O3/c1-18(30)28-22-9-6-19(7-10-22)16-21-8-11-24(31-2)25(26(21)27)20-4-3-5-23(17-20)29-12-14-32-15-13-29/h3-11,17H,12-16H2,1-2H3,(H,28,30). The van der Waals surface area contributed by atoms with Gasteiger partial charge in [-0.15, -0.1) is 0 Å². The van der Waals surface area contributed by atoms with Gasteiger partial charge in [0.15, 0.2) is 0 Å². The smallest absolute Gasteiger partial charge is 0.221 e. The Kier molecular flexibility index (Phi) is 6.71. The number of morpholine rings is 1. The number of hydrogen-bond donors (Lipinski definition) is 1. The number of rotatable bonds is 6. The van der Waals surface area contributed by atoms with Crippen LogP contribution in [0.5, 0.6) is 5.75 Å². The van der Waals surface area contributed by atoms with Crippen LogP contribution in [0, 0.1) is 5.82 Å². The van der Waals surface area contributed by atoms with E-state index in [0.717, 1.165) is 35.6 Å². The van der Waals surface area contributed by atoms with Crippen molar-refractivity contribution in [2.24, 2.45) is 0 Å². The molecule has 1 heterocycles. The summed E-state index contributed by atoms with van der Waals surface area (Å²) < 4.78 is 26.7. The molecule has 1 fully saturated rings. The van der Waals surface area contributed by atoms with Crippen LogP contribution < -0.4 is 15.0 Å². The van der Waals surface area contributed by atoms with Crippen LogP contribution in [0.1, 0.15) is 18.1 Å². The minimum Gasteiger partial charge on any atom is -0.496 e. The lowest BCUT2D eigenvalue weighted by Gasteiger charge is -2.29. The Morgan fingerprint density at radius 1 is 1.09 bits per heavy atom. The molecule has 4 rings (SSSR count). The summed E-state index contributed by atoms with van der Waals surface area (Å²) in [6, 6.07) is 18.9. The summed E-state index contributed by atoms with van der Waals surface area (Å²) in [5.74, 6) is 0.101. The van der Waals surface area contributed by atoms with Crippen molar-refractivity contribution in [1.29, 1.82) is 0 Å². The molecule has 0 unspecified atom stereocenters. The van der Waals surface area contributed by atoms with E-state index in [1.165, 1.54) is 6.92 Å². The average molecular weight is 435 g/mol. The number of hydrogen-bond acceptors (Lipinski definition) is 4. The molecule has 1 aliphatic rings. The molecule has 0 aliphatic carbocycles. The first-order valence-corrected chi connectivity index (χ1v) is 10.7. The van der Waals surface area contributed by atoms with E-state index < -0.39 is 0 Å². The van der Waals surface area contributed by atoms with Crippen molar-refractivity contribution >= 4 is 17.3 Å². The zero-order valence-electron chi connectivity index (χ0n) is 18.4. The van der Waals surface area contributed by atoms with E-state index in [-0.39, 0.29) is 11.7 Å². The van der Waals surface area contributed by atoms with Crippen LogP contribution in [-0.2, 0) is 16.0 Å². The van der Waals surface area contributed by atoms with Gasteiger partial charge in [-0.05, 0) is 47.0 Å². The highest BCUT2D eigenvalue weighted by Crippen LogP contribution is 2.36. The highest BCUT2D eigenvalue weighted by molar-refractivity contribution is 5.88. The number of benzene rings is 3. The summed E-state index contributed by atoms with van der Waals surface area (Å²) in [5.41, 5.74) is 4.56. The lowest BCUT2D eigenvalue weighted by molar-refractivity contribution is -0.114. The van der Waals surface area contributed by atoms with Gasteiger partial charge in [0.25, 0.3) is 0 Å². The van der Waals surface area contributed by atoms with Crippen molar-refractivity contribution in [2.75, 3.05) is 43.6 Å². The summed E-state index contributed by atoms with van der Waals surface area (Å²) in [6.07, 6.45) is 0.437. The van der Waals surface area contributed by atoms with Crippen LogP contribution >= 0.6 is 0 Å². The molecule has 166 valence electrons. The Balaban J connectivity index is 1.64. The third kappa shape index (κ3) is 4.92. The summed E-state index contributed by atoms with van der Waals surface area (Å²) in [4.78, 5) is 13.5. The average Bonchev–Trinajstić information content (AvgIpc) is 2.81. The van der Waals surface area contributed by atoms with E-state index in [2.05, 4.69) is 10.2 Å². The second kappa shape index (κ2) is 9.83. The molecule has 0 bridgehead atoms. The monoisotopic (exact) mass is 434 g/mol. The number of nitrogens with zero attached hydrogens (tertiary/aromatic N) is 1. The van der Waals surface area contributed by atoms with E-state index in [4.69, 9.17) is 9.47 Å². The van der Waals surface area contributed by atoms with Crippen LogP contribution in [-0.4, -0.2) is 39.3 Å². The van der Waals surface area contributed by atoms with Gasteiger partial charge in [0.05, 0.1) is 25.9 Å². The summed E-state index contributed by atoms with van der Waals surface area (Å²) in [5, 5.41) is 2.74. The minimum absolute atomic E-state index is 0.122. The van der Waals surface area contributed by atoms with Gasteiger partial charge in [0, 0.05) is 37.8 Å². The molecule has 1 aliphatic heterocycles. The second-order valence-electron chi connectivity index (χ2n) is 7.82. The largest absolute Gasteiger partial charge is 0.496 e. The Hall–Kier alpha value is -3.38. The van der Waals surface area contributed by atoms with E-state index in [1.807, 2.05) is 54.6 Å². The van der Waals surface area contributed by atoms with E-state index >= 15 is 4.39 Å². The molecule has 3 aromatic carbocycles. The lowest BCUT2D eigenvalue weighted by atomic mass is 9.96. The molecule has 6 heteroatoms. The predicted octanol–water partition coefficient (Wildman–Crippen LogP) is 4.89. The van der Waals surface area contributed by atoms with Gasteiger partial charge in [-0.2, -0.15) is 0 Å². The highest BCUT2D eigenvalue weighted by atomic mass is 19.1. The van der Waals surface area contributed by atoms with Crippen LogP contribution in [0.15, 0.2) is 60.7 Å². The number of amides is 1. The summed E-state index contributed by atoms with van der Waals surface area (Å²) in [6.45, 7) is 4.49. The summed E-state index contributed by atoms with van der Waals surface area (Å²) >= 11 is 0. The van der Waals surface area contributed by atoms with Crippen molar-refractivity contribution in [3.05, 3.63) is 77.6 Å². The summed E-state index contributed by atoms with van der Waals surface area (Å²) in [7, 11) is 1.56. The molecule has 0 spiro atoms. The van der Waals surface area contributed by atoms with Crippen molar-refractivity contribution in [2.45, 2.75) is 13.3 Å². The molecule has 1 saturated heterocycles. The maximum absolute atomic E-state index is 15.7. The van der Waals surface area contributed by atoms with E-state index in [9.17, 15) is 4.79 Å². The highest BCUT2D eigenvalue weighted by Gasteiger charge is 2.18. The van der Waals surface area contributed by atoms with Gasteiger partial charge < -0.3 is 19.7 Å². The van der Waals surface area contributed by atoms with Crippen LogP contribution in [0.2, 0.25) is 0 Å². The van der Waals surface area contributed by atoms with Gasteiger partial charge in [-0.25, -0.2) is 4.39 Å². The predicted molar refractivity (Wildman–Crippen MR) is 125 cm³/mol. The number of methoxy groups -OCH3 is 1. The quantitative estimate of drug-likeness (QED) is 0.600.